The number of urea groups is 1. The Balaban J connectivity index is 1.78. The number of ether oxygens (including phenoxy) is 1. The van der Waals surface area contributed by atoms with Gasteiger partial charge in [-0.1, -0.05) is 18.2 Å². The number of nitrogens with zero attached hydrogens (tertiary/aromatic N) is 3. The van der Waals surface area contributed by atoms with Gasteiger partial charge in [0.1, 0.15) is 11.8 Å². The van der Waals surface area contributed by atoms with E-state index in [0.29, 0.717) is 31.7 Å². The minimum atomic E-state index is -0.0619. The number of rotatable bonds is 5. The summed E-state index contributed by atoms with van der Waals surface area (Å²) in [5.74, 6) is 0.803. The lowest BCUT2D eigenvalue weighted by molar-refractivity contribution is 0.228. The molecule has 4 rings (SSSR count). The monoisotopic (exact) mass is 388 g/mol. The first-order valence-corrected chi connectivity index (χ1v) is 10.0. The van der Waals surface area contributed by atoms with E-state index in [9.17, 15) is 10.1 Å². The zero-order chi connectivity index (χ0) is 20.4. The van der Waals surface area contributed by atoms with Crippen LogP contribution in [0.25, 0.3) is 16.5 Å². The van der Waals surface area contributed by atoms with Gasteiger partial charge < -0.3 is 14.6 Å². The van der Waals surface area contributed by atoms with Crippen molar-refractivity contribution in [2.24, 2.45) is 0 Å². The fourth-order valence-electron chi connectivity index (χ4n) is 4.04. The lowest BCUT2D eigenvalue weighted by atomic mass is 10.1. The Morgan fingerprint density at radius 1 is 1.24 bits per heavy atom. The normalized spacial score (nSPS) is 16.3. The Labute approximate surface area is 170 Å². The van der Waals surface area contributed by atoms with Crippen molar-refractivity contribution >= 4 is 22.5 Å². The second kappa shape index (κ2) is 7.88. The van der Waals surface area contributed by atoms with Crippen molar-refractivity contribution in [3.05, 3.63) is 59.5 Å². The van der Waals surface area contributed by atoms with Gasteiger partial charge >= 0.3 is 6.03 Å². The van der Waals surface area contributed by atoms with Gasteiger partial charge in [0.05, 0.1) is 23.4 Å². The molecule has 148 valence electrons. The summed E-state index contributed by atoms with van der Waals surface area (Å²) in [4.78, 5) is 13.8. The molecular formula is C23H24N4O2. The predicted octanol–water partition coefficient (Wildman–Crippen LogP) is 4.18. The molecule has 1 aliphatic heterocycles. The Morgan fingerprint density at radius 2 is 2.10 bits per heavy atom. The van der Waals surface area contributed by atoms with Crippen LogP contribution in [0.4, 0.5) is 4.79 Å². The van der Waals surface area contributed by atoms with E-state index < -0.39 is 0 Å². The van der Waals surface area contributed by atoms with Gasteiger partial charge in [0.25, 0.3) is 0 Å². The molecule has 1 fully saturated rings. The summed E-state index contributed by atoms with van der Waals surface area (Å²) in [5.41, 5.74) is 4.46. The minimum Gasteiger partial charge on any atom is -0.494 e. The van der Waals surface area contributed by atoms with E-state index in [1.54, 1.807) is 4.90 Å². The van der Waals surface area contributed by atoms with Crippen LogP contribution in [0, 0.1) is 11.3 Å². The van der Waals surface area contributed by atoms with Crippen LogP contribution in [-0.4, -0.2) is 35.2 Å². The molecule has 0 atom stereocenters. The number of aromatic nitrogens is 1. The molecule has 2 aromatic rings. The number of hydrogen-bond acceptors (Lipinski definition) is 3. The van der Waals surface area contributed by atoms with E-state index in [1.165, 1.54) is 0 Å². The van der Waals surface area contributed by atoms with Crippen molar-refractivity contribution in [1.29, 1.82) is 5.26 Å². The van der Waals surface area contributed by atoms with Crippen LogP contribution in [0.5, 0.6) is 5.75 Å². The van der Waals surface area contributed by atoms with E-state index >= 15 is 0 Å². The number of aryl methyl sites for hydroxylation is 1. The number of carbonyl (C=O) groups excluding carboxylic acids is 1. The predicted molar refractivity (Wildman–Crippen MR) is 113 cm³/mol. The first-order valence-electron chi connectivity index (χ1n) is 10.0. The van der Waals surface area contributed by atoms with Gasteiger partial charge in [-0.05, 0) is 44.1 Å². The van der Waals surface area contributed by atoms with Gasteiger partial charge in [-0.25, -0.2) is 4.79 Å². The summed E-state index contributed by atoms with van der Waals surface area (Å²) in [5, 5.41) is 13.7. The average molecular weight is 388 g/mol. The van der Waals surface area contributed by atoms with Crippen LogP contribution >= 0.6 is 0 Å². The van der Waals surface area contributed by atoms with E-state index in [0.717, 1.165) is 40.2 Å². The third-order valence-corrected chi connectivity index (χ3v) is 5.32. The lowest BCUT2D eigenvalue weighted by Gasteiger charge is -2.14. The number of fused-ring (bicyclic) bond motifs is 1. The van der Waals surface area contributed by atoms with Gasteiger partial charge in [0.2, 0.25) is 0 Å². The summed E-state index contributed by atoms with van der Waals surface area (Å²) in [6.45, 7) is 6.71. The molecule has 1 saturated heterocycles. The lowest BCUT2D eigenvalue weighted by Crippen LogP contribution is -2.26. The summed E-state index contributed by atoms with van der Waals surface area (Å²) in [6, 6.07) is 8.23. The number of amides is 2. The minimum absolute atomic E-state index is 0.0619. The Hall–Kier alpha value is -3.46. The highest BCUT2D eigenvalue weighted by atomic mass is 16.5. The summed E-state index contributed by atoms with van der Waals surface area (Å²) in [6.07, 6.45) is 8.83. The van der Waals surface area contributed by atoms with Crippen molar-refractivity contribution in [3.63, 3.8) is 0 Å². The van der Waals surface area contributed by atoms with E-state index in [4.69, 9.17) is 4.74 Å². The molecule has 1 aromatic carbocycles. The molecule has 0 radical (unpaired) electrons. The Kier molecular flexibility index (Phi) is 5.13. The van der Waals surface area contributed by atoms with Crippen molar-refractivity contribution in [2.75, 3.05) is 19.7 Å². The molecule has 1 aromatic heterocycles. The van der Waals surface area contributed by atoms with Crippen molar-refractivity contribution < 1.29 is 9.53 Å². The fourth-order valence-corrected chi connectivity index (χ4v) is 4.04. The maximum atomic E-state index is 12.0. The van der Waals surface area contributed by atoms with Gasteiger partial charge in [0.15, 0.2) is 0 Å². The molecule has 0 bridgehead atoms. The van der Waals surface area contributed by atoms with Gasteiger partial charge in [-0.3, -0.25) is 4.90 Å². The van der Waals surface area contributed by atoms with Gasteiger partial charge in [-0.15, -0.1) is 0 Å². The number of allylic oxidation sites excluding steroid dienone is 5. The van der Waals surface area contributed by atoms with Crippen molar-refractivity contribution in [1.82, 2.24) is 14.8 Å². The number of benzene rings is 1. The summed E-state index contributed by atoms with van der Waals surface area (Å²) < 4.78 is 7.83. The molecule has 1 aliphatic carbocycles. The Morgan fingerprint density at radius 3 is 2.79 bits per heavy atom. The SMILES string of the molecule is CCOc1ccc2c(C#N)c(C3=CCC=C(N4CCNC4=O)C=C3)n(CC)c2c1. The van der Waals surface area contributed by atoms with E-state index in [1.807, 2.05) is 43.4 Å². The van der Waals surface area contributed by atoms with Gasteiger partial charge in [0, 0.05) is 36.8 Å². The highest BCUT2D eigenvalue weighted by Gasteiger charge is 2.23. The molecular weight excluding hydrogens is 364 g/mol. The number of nitriles is 1. The molecule has 0 spiro atoms. The van der Waals surface area contributed by atoms with Crippen LogP contribution in [0.1, 0.15) is 31.5 Å². The van der Waals surface area contributed by atoms with E-state index in [-0.39, 0.29) is 6.03 Å². The third kappa shape index (κ3) is 3.29. The Bertz CT molecular complexity index is 1100. The first kappa shape index (κ1) is 18.9. The molecule has 6 nitrogen and oxygen atoms in total. The molecule has 2 amide bonds. The van der Waals surface area contributed by atoms with Crippen LogP contribution < -0.4 is 10.1 Å². The summed E-state index contributed by atoms with van der Waals surface area (Å²) in [7, 11) is 0. The maximum absolute atomic E-state index is 12.0. The van der Waals surface area contributed by atoms with Crippen molar-refractivity contribution in [2.45, 2.75) is 26.8 Å². The molecule has 2 heterocycles. The smallest absolute Gasteiger partial charge is 0.321 e. The molecule has 2 aliphatic rings. The number of nitrogens with one attached hydrogen (secondary N) is 1. The first-order chi connectivity index (χ1) is 14.2. The van der Waals surface area contributed by atoms with Gasteiger partial charge in [-0.2, -0.15) is 5.26 Å². The number of hydrogen-bond donors (Lipinski definition) is 1. The second-order valence-corrected chi connectivity index (χ2v) is 6.93. The van der Waals surface area contributed by atoms with Crippen LogP contribution in [0.3, 0.4) is 0 Å². The van der Waals surface area contributed by atoms with Crippen LogP contribution in [0.2, 0.25) is 0 Å². The number of carbonyl (C=O) groups is 1. The second-order valence-electron chi connectivity index (χ2n) is 6.93. The zero-order valence-electron chi connectivity index (χ0n) is 16.7. The quantitative estimate of drug-likeness (QED) is 0.835. The summed E-state index contributed by atoms with van der Waals surface area (Å²) >= 11 is 0. The average Bonchev–Trinajstić information content (AvgIpc) is 3.19. The van der Waals surface area contributed by atoms with E-state index in [2.05, 4.69) is 29.0 Å². The maximum Gasteiger partial charge on any atom is 0.321 e. The third-order valence-electron chi connectivity index (χ3n) is 5.32. The molecule has 29 heavy (non-hydrogen) atoms. The van der Waals surface area contributed by atoms with Crippen LogP contribution in [0.15, 0.2) is 48.2 Å². The highest BCUT2D eigenvalue weighted by Crippen LogP contribution is 2.34. The van der Waals surface area contributed by atoms with Crippen LogP contribution in [-0.2, 0) is 6.54 Å². The standard InChI is InChI=1S/C23H24N4O2/c1-3-26-21-14-18(29-4-2)10-11-19(21)20(15-24)22(26)16-6-5-7-17(9-8-16)27-13-12-25-23(27)28/h6-11,14H,3-5,12-13H2,1-2H3,(H,25,28). The largest absolute Gasteiger partial charge is 0.494 e. The molecule has 1 N–H and O–H groups in total. The topological polar surface area (TPSA) is 70.3 Å². The molecule has 0 saturated carbocycles. The molecule has 0 unspecified atom stereocenters. The zero-order valence-corrected chi connectivity index (χ0v) is 16.7. The molecule has 6 heteroatoms. The fraction of sp³-hybridized carbons (Fsp3) is 0.304. The highest BCUT2D eigenvalue weighted by molar-refractivity contribution is 5.95. The van der Waals surface area contributed by atoms with Crippen molar-refractivity contribution in [3.8, 4) is 11.8 Å².